The van der Waals surface area contributed by atoms with Crippen molar-refractivity contribution < 1.29 is 4.74 Å². The van der Waals surface area contributed by atoms with Crippen LogP contribution in [-0.2, 0) is 4.74 Å². The van der Waals surface area contributed by atoms with E-state index in [1.54, 1.807) is 7.11 Å². The highest BCUT2D eigenvalue weighted by molar-refractivity contribution is 5.91. The van der Waals surface area contributed by atoms with Crippen LogP contribution >= 0.6 is 0 Å². The molecule has 2 aromatic rings. The highest BCUT2D eigenvalue weighted by Gasteiger charge is 2.29. The zero-order valence-electron chi connectivity index (χ0n) is 12.6. The van der Waals surface area contributed by atoms with E-state index in [2.05, 4.69) is 28.4 Å². The molecule has 2 heterocycles. The number of methoxy groups -OCH3 is 1. The van der Waals surface area contributed by atoms with Gasteiger partial charge >= 0.3 is 0 Å². The lowest BCUT2D eigenvalue weighted by atomic mass is 10.2. The Kier molecular flexibility index (Phi) is 3.17. The Balaban J connectivity index is 2.18. The summed E-state index contributed by atoms with van der Waals surface area (Å²) in [6, 6.07) is 0.449. The van der Waals surface area contributed by atoms with Crippen molar-refractivity contribution >= 4 is 16.9 Å². The molecule has 0 saturated heterocycles. The molecule has 0 amide bonds. The second kappa shape index (κ2) is 4.74. The number of nitrogens with zero attached hydrogens (tertiary/aromatic N) is 3. The molecule has 1 aliphatic rings. The number of anilines is 1. The van der Waals surface area contributed by atoms with Crippen molar-refractivity contribution in [3.05, 3.63) is 17.1 Å². The third-order valence-electron chi connectivity index (χ3n) is 4.59. The summed E-state index contributed by atoms with van der Waals surface area (Å²) < 4.78 is 7.84. The molecule has 2 unspecified atom stereocenters. The van der Waals surface area contributed by atoms with E-state index >= 15 is 0 Å². The first-order valence-corrected chi connectivity index (χ1v) is 7.17. The molecule has 5 nitrogen and oxygen atoms in total. The Bertz CT molecular complexity index is 662. The lowest BCUT2D eigenvalue weighted by Crippen LogP contribution is -2.11. The fourth-order valence-corrected chi connectivity index (χ4v) is 3.45. The number of aryl methyl sites for hydroxylation is 2. The van der Waals surface area contributed by atoms with E-state index in [4.69, 9.17) is 10.5 Å². The average molecular weight is 274 g/mol. The van der Waals surface area contributed by atoms with Gasteiger partial charge in [-0.25, -0.2) is 9.97 Å². The quantitative estimate of drug-likeness (QED) is 0.914. The topological polar surface area (TPSA) is 66.0 Å². The first kappa shape index (κ1) is 13.4. The van der Waals surface area contributed by atoms with Crippen LogP contribution in [0.2, 0.25) is 0 Å². The van der Waals surface area contributed by atoms with Gasteiger partial charge in [-0.3, -0.25) is 0 Å². The minimum Gasteiger partial charge on any atom is -0.383 e. The monoisotopic (exact) mass is 274 g/mol. The fraction of sp³-hybridized carbons (Fsp3) is 0.600. The van der Waals surface area contributed by atoms with Crippen molar-refractivity contribution in [1.29, 1.82) is 0 Å². The predicted octanol–water partition coefficient (Wildman–Crippen LogP) is 2.68. The molecule has 2 atom stereocenters. The number of aromatic nitrogens is 3. The van der Waals surface area contributed by atoms with E-state index < -0.39 is 0 Å². The Morgan fingerprint density at radius 1 is 1.20 bits per heavy atom. The molecule has 2 N–H and O–H groups in total. The minimum atomic E-state index is 0.359. The molecular weight excluding hydrogens is 252 g/mol. The molecule has 0 aromatic carbocycles. The van der Waals surface area contributed by atoms with Gasteiger partial charge in [-0.2, -0.15) is 0 Å². The van der Waals surface area contributed by atoms with Crippen molar-refractivity contribution in [3.63, 3.8) is 0 Å². The van der Waals surface area contributed by atoms with E-state index in [1.807, 2.05) is 6.92 Å². The maximum Gasteiger partial charge on any atom is 0.146 e. The summed E-state index contributed by atoms with van der Waals surface area (Å²) in [7, 11) is 1.79. The molecule has 1 aliphatic carbocycles. The summed E-state index contributed by atoms with van der Waals surface area (Å²) in [6.07, 6.45) is 3.64. The molecule has 0 spiro atoms. The van der Waals surface area contributed by atoms with E-state index in [0.29, 0.717) is 18.0 Å². The van der Waals surface area contributed by atoms with E-state index in [0.717, 1.165) is 36.1 Å². The van der Waals surface area contributed by atoms with Gasteiger partial charge < -0.3 is 15.0 Å². The SMILES string of the molecule is COC1CCC(n2c(C)c(C)c3c(N)nc(C)nc32)C1. The predicted molar refractivity (Wildman–Crippen MR) is 79.8 cm³/mol. The zero-order chi connectivity index (χ0) is 14.4. The van der Waals surface area contributed by atoms with Gasteiger partial charge in [0.15, 0.2) is 0 Å². The number of hydrogen-bond acceptors (Lipinski definition) is 4. The van der Waals surface area contributed by atoms with Gasteiger partial charge in [-0.1, -0.05) is 0 Å². The first-order chi connectivity index (χ1) is 9.52. The van der Waals surface area contributed by atoms with Crippen molar-refractivity contribution in [2.24, 2.45) is 0 Å². The van der Waals surface area contributed by atoms with Gasteiger partial charge in [-0.05, 0) is 45.6 Å². The summed E-state index contributed by atoms with van der Waals surface area (Å²) in [5, 5.41) is 1.01. The van der Waals surface area contributed by atoms with E-state index in [1.165, 1.54) is 11.3 Å². The molecule has 20 heavy (non-hydrogen) atoms. The summed E-state index contributed by atoms with van der Waals surface area (Å²) in [6.45, 7) is 6.14. The molecular formula is C15H22N4O. The summed E-state index contributed by atoms with van der Waals surface area (Å²) >= 11 is 0. The smallest absolute Gasteiger partial charge is 0.146 e. The number of nitrogens with two attached hydrogens (primary N) is 1. The molecule has 0 bridgehead atoms. The second-order valence-corrected chi connectivity index (χ2v) is 5.76. The van der Waals surface area contributed by atoms with Crippen LogP contribution in [0, 0.1) is 20.8 Å². The maximum atomic E-state index is 6.10. The van der Waals surface area contributed by atoms with Gasteiger partial charge in [-0.15, -0.1) is 0 Å². The van der Waals surface area contributed by atoms with Crippen molar-refractivity contribution in [3.8, 4) is 0 Å². The van der Waals surface area contributed by atoms with Crippen LogP contribution in [0.4, 0.5) is 5.82 Å². The van der Waals surface area contributed by atoms with Crippen LogP contribution < -0.4 is 5.73 Å². The summed E-state index contributed by atoms with van der Waals surface area (Å²) in [5.41, 5.74) is 9.52. The zero-order valence-corrected chi connectivity index (χ0v) is 12.6. The number of nitrogen functional groups attached to an aromatic ring is 1. The van der Waals surface area contributed by atoms with Crippen molar-refractivity contribution in [1.82, 2.24) is 14.5 Å². The highest BCUT2D eigenvalue weighted by atomic mass is 16.5. The third kappa shape index (κ3) is 1.88. The molecule has 1 saturated carbocycles. The molecule has 3 rings (SSSR count). The lowest BCUT2D eigenvalue weighted by Gasteiger charge is -2.16. The van der Waals surface area contributed by atoms with E-state index in [-0.39, 0.29) is 0 Å². The van der Waals surface area contributed by atoms with Crippen molar-refractivity contribution in [2.75, 3.05) is 12.8 Å². The van der Waals surface area contributed by atoms with Crippen LogP contribution in [0.1, 0.15) is 42.4 Å². The first-order valence-electron chi connectivity index (χ1n) is 7.17. The molecule has 108 valence electrons. The van der Waals surface area contributed by atoms with E-state index in [9.17, 15) is 0 Å². The van der Waals surface area contributed by atoms with Crippen molar-refractivity contribution in [2.45, 2.75) is 52.2 Å². The number of ether oxygens (including phenoxy) is 1. The Morgan fingerprint density at radius 2 is 1.95 bits per heavy atom. The van der Waals surface area contributed by atoms with Crippen LogP contribution in [0.3, 0.4) is 0 Å². The van der Waals surface area contributed by atoms with Crippen LogP contribution in [0.25, 0.3) is 11.0 Å². The number of rotatable bonds is 2. The lowest BCUT2D eigenvalue weighted by molar-refractivity contribution is 0.106. The maximum absolute atomic E-state index is 6.10. The fourth-order valence-electron chi connectivity index (χ4n) is 3.45. The van der Waals surface area contributed by atoms with Crippen LogP contribution in [0.15, 0.2) is 0 Å². The number of fused-ring (bicyclic) bond motifs is 1. The molecule has 0 radical (unpaired) electrons. The minimum absolute atomic E-state index is 0.359. The largest absolute Gasteiger partial charge is 0.383 e. The highest BCUT2D eigenvalue weighted by Crippen LogP contribution is 2.38. The molecule has 1 fully saturated rings. The Morgan fingerprint density at radius 3 is 2.60 bits per heavy atom. The van der Waals surface area contributed by atoms with Crippen LogP contribution in [-0.4, -0.2) is 27.7 Å². The second-order valence-electron chi connectivity index (χ2n) is 5.76. The summed E-state index contributed by atoms with van der Waals surface area (Å²) in [4.78, 5) is 8.95. The molecule has 2 aromatic heterocycles. The third-order valence-corrected chi connectivity index (χ3v) is 4.59. The Hall–Kier alpha value is -1.62. The Labute approximate surface area is 119 Å². The van der Waals surface area contributed by atoms with Gasteiger partial charge in [0.25, 0.3) is 0 Å². The van der Waals surface area contributed by atoms with Gasteiger partial charge in [0.2, 0.25) is 0 Å². The summed E-state index contributed by atoms with van der Waals surface area (Å²) in [5.74, 6) is 1.32. The standard InChI is InChI=1S/C15H22N4O/c1-8-9(2)19(11-5-6-12(7-11)20-4)15-13(8)14(16)17-10(3)18-15/h11-12H,5-7H2,1-4H3,(H2,16,17,18). The molecule has 0 aliphatic heterocycles. The van der Waals surface area contributed by atoms with Crippen LogP contribution in [0.5, 0.6) is 0 Å². The van der Waals surface area contributed by atoms with Gasteiger partial charge in [0.05, 0.1) is 11.5 Å². The average Bonchev–Trinajstić information content (AvgIpc) is 2.94. The van der Waals surface area contributed by atoms with Gasteiger partial charge in [0.1, 0.15) is 17.3 Å². The van der Waals surface area contributed by atoms with Gasteiger partial charge in [0, 0.05) is 18.8 Å². The normalized spacial score (nSPS) is 22.8. The number of hydrogen-bond donors (Lipinski definition) is 1. The molecule has 5 heteroatoms.